The zero-order valence-electron chi connectivity index (χ0n) is 11.7. The Balaban J connectivity index is 1.73. The molecule has 1 unspecified atom stereocenters. The van der Waals surface area contributed by atoms with Gasteiger partial charge in [0.2, 0.25) is 5.91 Å². The summed E-state index contributed by atoms with van der Waals surface area (Å²) in [6.45, 7) is 3.71. The SMILES string of the molecule is CC(C(=O)NCCc1ccc(F)cc1)N1CC[C@H](O)C1. The molecule has 5 heteroatoms. The van der Waals surface area contributed by atoms with Gasteiger partial charge in [-0.1, -0.05) is 12.1 Å². The van der Waals surface area contributed by atoms with E-state index in [0.717, 1.165) is 18.5 Å². The molecule has 0 saturated carbocycles. The van der Waals surface area contributed by atoms with Gasteiger partial charge < -0.3 is 10.4 Å². The van der Waals surface area contributed by atoms with Gasteiger partial charge in [0.25, 0.3) is 0 Å². The quantitative estimate of drug-likeness (QED) is 0.844. The van der Waals surface area contributed by atoms with Crippen molar-refractivity contribution in [2.24, 2.45) is 0 Å². The maximum atomic E-state index is 12.8. The van der Waals surface area contributed by atoms with Crippen LogP contribution in [0.25, 0.3) is 0 Å². The van der Waals surface area contributed by atoms with E-state index in [1.807, 2.05) is 11.8 Å². The molecule has 110 valence electrons. The predicted octanol–water partition coefficient (Wildman–Crippen LogP) is 0.939. The zero-order valence-corrected chi connectivity index (χ0v) is 11.7. The lowest BCUT2D eigenvalue weighted by atomic mass is 10.1. The van der Waals surface area contributed by atoms with Gasteiger partial charge in [-0.2, -0.15) is 0 Å². The first-order valence-corrected chi connectivity index (χ1v) is 7.00. The summed E-state index contributed by atoms with van der Waals surface area (Å²) >= 11 is 0. The molecular weight excluding hydrogens is 259 g/mol. The van der Waals surface area contributed by atoms with Crippen LogP contribution in [0.15, 0.2) is 24.3 Å². The first kappa shape index (κ1) is 14.9. The first-order valence-electron chi connectivity index (χ1n) is 7.00. The van der Waals surface area contributed by atoms with E-state index in [1.165, 1.54) is 12.1 Å². The lowest BCUT2D eigenvalue weighted by Gasteiger charge is -2.22. The average Bonchev–Trinajstić information content (AvgIpc) is 2.86. The van der Waals surface area contributed by atoms with Crippen LogP contribution in [0.2, 0.25) is 0 Å². The number of hydrogen-bond acceptors (Lipinski definition) is 3. The second kappa shape index (κ2) is 6.81. The van der Waals surface area contributed by atoms with Gasteiger partial charge in [-0.25, -0.2) is 4.39 Å². The third kappa shape index (κ3) is 4.02. The number of benzene rings is 1. The fraction of sp³-hybridized carbons (Fsp3) is 0.533. The molecule has 0 bridgehead atoms. The Hall–Kier alpha value is -1.46. The highest BCUT2D eigenvalue weighted by Gasteiger charge is 2.28. The summed E-state index contributed by atoms with van der Waals surface area (Å²) in [5, 5.41) is 12.4. The van der Waals surface area contributed by atoms with Crippen molar-refractivity contribution >= 4 is 5.91 Å². The van der Waals surface area contributed by atoms with Crippen molar-refractivity contribution in [1.29, 1.82) is 0 Å². The van der Waals surface area contributed by atoms with E-state index in [4.69, 9.17) is 0 Å². The van der Waals surface area contributed by atoms with Crippen LogP contribution in [0, 0.1) is 5.82 Å². The molecule has 1 aromatic carbocycles. The van der Waals surface area contributed by atoms with E-state index in [1.54, 1.807) is 12.1 Å². The molecule has 20 heavy (non-hydrogen) atoms. The van der Waals surface area contributed by atoms with Gasteiger partial charge in [-0.05, 0) is 37.5 Å². The van der Waals surface area contributed by atoms with Gasteiger partial charge in [-0.15, -0.1) is 0 Å². The smallest absolute Gasteiger partial charge is 0.237 e. The van der Waals surface area contributed by atoms with Gasteiger partial charge in [0.1, 0.15) is 5.82 Å². The lowest BCUT2D eigenvalue weighted by molar-refractivity contribution is -0.125. The Labute approximate surface area is 118 Å². The molecule has 4 nitrogen and oxygen atoms in total. The van der Waals surface area contributed by atoms with Gasteiger partial charge >= 0.3 is 0 Å². The lowest BCUT2D eigenvalue weighted by Crippen LogP contribution is -2.44. The van der Waals surface area contributed by atoms with Gasteiger partial charge in [0.05, 0.1) is 12.1 Å². The third-order valence-electron chi connectivity index (χ3n) is 3.75. The molecule has 0 aromatic heterocycles. The standard InChI is InChI=1S/C15H21FN2O2/c1-11(18-9-7-14(19)10-18)15(20)17-8-6-12-2-4-13(16)5-3-12/h2-5,11,14,19H,6-10H2,1H3,(H,17,20)/t11?,14-/m0/s1. The number of aliphatic hydroxyl groups is 1. The third-order valence-corrected chi connectivity index (χ3v) is 3.75. The van der Waals surface area contributed by atoms with Crippen LogP contribution >= 0.6 is 0 Å². The Morgan fingerprint density at radius 3 is 2.80 bits per heavy atom. The molecule has 1 aliphatic heterocycles. The van der Waals surface area contributed by atoms with Crippen LogP contribution < -0.4 is 5.32 Å². The van der Waals surface area contributed by atoms with Crippen LogP contribution in [-0.2, 0) is 11.2 Å². The molecule has 1 fully saturated rings. The van der Waals surface area contributed by atoms with Crippen LogP contribution in [0.1, 0.15) is 18.9 Å². The summed E-state index contributed by atoms with van der Waals surface area (Å²) in [5.74, 6) is -0.278. The number of β-amino-alcohol motifs (C(OH)–C–C–N with tert-alkyl or cyclic N) is 1. The molecule has 0 spiro atoms. The summed E-state index contributed by atoms with van der Waals surface area (Å²) in [5.41, 5.74) is 0.996. The van der Waals surface area contributed by atoms with Crippen molar-refractivity contribution in [3.05, 3.63) is 35.6 Å². The molecule has 1 aromatic rings. The van der Waals surface area contributed by atoms with E-state index < -0.39 is 0 Å². The molecule has 0 aliphatic carbocycles. The number of nitrogens with one attached hydrogen (secondary N) is 1. The molecule has 2 rings (SSSR count). The zero-order chi connectivity index (χ0) is 14.5. The Morgan fingerprint density at radius 2 is 2.20 bits per heavy atom. The number of carbonyl (C=O) groups is 1. The summed E-state index contributed by atoms with van der Waals surface area (Å²) in [7, 11) is 0. The fourth-order valence-corrected chi connectivity index (χ4v) is 2.41. The maximum Gasteiger partial charge on any atom is 0.237 e. The number of nitrogens with zero attached hydrogens (tertiary/aromatic N) is 1. The van der Waals surface area contributed by atoms with Crippen LogP contribution in [-0.4, -0.2) is 47.7 Å². The second-order valence-corrected chi connectivity index (χ2v) is 5.28. The molecule has 2 atom stereocenters. The molecule has 1 heterocycles. The minimum atomic E-state index is -0.315. The first-order chi connectivity index (χ1) is 9.56. The minimum Gasteiger partial charge on any atom is -0.392 e. The highest BCUT2D eigenvalue weighted by Crippen LogP contribution is 2.12. The summed E-state index contributed by atoms with van der Waals surface area (Å²) in [4.78, 5) is 14.0. The van der Waals surface area contributed by atoms with Gasteiger partial charge in [0, 0.05) is 19.6 Å². The van der Waals surface area contributed by atoms with E-state index in [2.05, 4.69) is 5.32 Å². The van der Waals surface area contributed by atoms with E-state index >= 15 is 0 Å². The topological polar surface area (TPSA) is 52.6 Å². The summed E-state index contributed by atoms with van der Waals surface area (Å²) < 4.78 is 12.8. The second-order valence-electron chi connectivity index (χ2n) is 5.28. The molecule has 1 amide bonds. The van der Waals surface area contributed by atoms with Crippen molar-refractivity contribution < 1.29 is 14.3 Å². The Morgan fingerprint density at radius 1 is 1.50 bits per heavy atom. The highest BCUT2D eigenvalue weighted by atomic mass is 19.1. The average molecular weight is 280 g/mol. The van der Waals surface area contributed by atoms with Crippen molar-refractivity contribution in [2.45, 2.75) is 31.9 Å². The highest BCUT2D eigenvalue weighted by molar-refractivity contribution is 5.81. The van der Waals surface area contributed by atoms with E-state index in [9.17, 15) is 14.3 Å². The maximum absolute atomic E-state index is 12.8. The fourth-order valence-electron chi connectivity index (χ4n) is 2.41. The monoisotopic (exact) mass is 280 g/mol. The minimum absolute atomic E-state index is 0.0267. The number of rotatable bonds is 5. The molecule has 2 N–H and O–H groups in total. The summed E-state index contributed by atoms with van der Waals surface area (Å²) in [6.07, 6.45) is 1.10. The number of halogens is 1. The van der Waals surface area contributed by atoms with E-state index in [-0.39, 0.29) is 23.9 Å². The molecule has 1 aliphatic rings. The normalized spacial score (nSPS) is 20.9. The van der Waals surface area contributed by atoms with Crippen LogP contribution in [0.5, 0.6) is 0 Å². The van der Waals surface area contributed by atoms with Gasteiger partial charge in [-0.3, -0.25) is 9.69 Å². The molecule has 0 radical (unpaired) electrons. The van der Waals surface area contributed by atoms with Crippen molar-refractivity contribution in [3.8, 4) is 0 Å². The van der Waals surface area contributed by atoms with Crippen LogP contribution in [0.3, 0.4) is 0 Å². The molecule has 1 saturated heterocycles. The Kier molecular flexibility index (Phi) is 5.09. The number of amides is 1. The predicted molar refractivity (Wildman–Crippen MR) is 74.8 cm³/mol. The number of carbonyl (C=O) groups excluding carboxylic acids is 1. The van der Waals surface area contributed by atoms with Crippen LogP contribution in [0.4, 0.5) is 4.39 Å². The summed E-state index contributed by atoms with van der Waals surface area (Å²) in [6, 6.07) is 6.07. The van der Waals surface area contributed by atoms with Crippen molar-refractivity contribution in [3.63, 3.8) is 0 Å². The number of hydrogen-bond donors (Lipinski definition) is 2. The number of aliphatic hydroxyl groups excluding tert-OH is 1. The van der Waals surface area contributed by atoms with Gasteiger partial charge in [0.15, 0.2) is 0 Å². The number of likely N-dealkylation sites (tertiary alicyclic amines) is 1. The molecular formula is C15H21FN2O2. The van der Waals surface area contributed by atoms with E-state index in [0.29, 0.717) is 19.5 Å². The Bertz CT molecular complexity index is 450. The van der Waals surface area contributed by atoms with Crippen molar-refractivity contribution in [1.82, 2.24) is 10.2 Å². The van der Waals surface area contributed by atoms with Crippen molar-refractivity contribution in [2.75, 3.05) is 19.6 Å². The largest absolute Gasteiger partial charge is 0.392 e.